The molecule has 1 unspecified atom stereocenters. The second-order valence-corrected chi connectivity index (χ2v) is 4.60. The summed E-state index contributed by atoms with van der Waals surface area (Å²) in [5, 5.41) is 0. The number of benzene rings is 1. The number of hydrogen-bond acceptors (Lipinski definition) is 0. The molecule has 0 aliphatic heterocycles. The van der Waals surface area contributed by atoms with Crippen LogP contribution in [0.4, 0.5) is 0 Å². The van der Waals surface area contributed by atoms with Gasteiger partial charge < -0.3 is 0 Å². The molecule has 0 aromatic heterocycles. The van der Waals surface area contributed by atoms with Gasteiger partial charge in [0, 0.05) is 0 Å². The molecule has 0 spiro atoms. The first-order valence-corrected chi connectivity index (χ1v) is 4.71. The van der Waals surface area contributed by atoms with Gasteiger partial charge in [-0.25, -0.2) is 0 Å². The van der Waals surface area contributed by atoms with Crippen molar-refractivity contribution in [2.24, 2.45) is 0 Å². The molecule has 0 saturated heterocycles. The van der Waals surface area contributed by atoms with Crippen molar-refractivity contribution in [2.75, 3.05) is 0 Å². The molecule has 1 heteroatoms. The summed E-state index contributed by atoms with van der Waals surface area (Å²) in [5.41, 5.74) is 1.45. The van der Waals surface area contributed by atoms with Crippen LogP contribution in [0.25, 0.3) is 0 Å². The van der Waals surface area contributed by atoms with Gasteiger partial charge in [-0.1, -0.05) is 0 Å². The van der Waals surface area contributed by atoms with E-state index in [2.05, 4.69) is 37.3 Å². The van der Waals surface area contributed by atoms with E-state index in [1.54, 1.807) is 22.5 Å². The number of rotatable bonds is 1. The maximum atomic E-state index is 2.24. The molecule has 1 atom stereocenters. The van der Waals surface area contributed by atoms with E-state index in [9.17, 15) is 0 Å². The molecular weight excluding hydrogens is 215 g/mol. The van der Waals surface area contributed by atoms with Gasteiger partial charge >= 0.3 is 69.3 Å². The summed E-state index contributed by atoms with van der Waals surface area (Å²) < 4.78 is 0.749. The van der Waals surface area contributed by atoms with Crippen LogP contribution in [0.1, 0.15) is 16.4 Å². The molecule has 0 radical (unpaired) electrons. The van der Waals surface area contributed by atoms with Gasteiger partial charge in [0.25, 0.3) is 0 Å². The van der Waals surface area contributed by atoms with Crippen molar-refractivity contribution in [1.82, 2.24) is 0 Å². The number of hydrogen-bond donors (Lipinski definition) is 0. The normalized spacial score (nSPS) is 13.2. The summed E-state index contributed by atoms with van der Waals surface area (Å²) in [6.45, 7) is 2.24. The van der Waals surface area contributed by atoms with E-state index in [1.807, 2.05) is 0 Å². The van der Waals surface area contributed by atoms with Crippen LogP contribution in [0.5, 0.6) is 0 Å². The van der Waals surface area contributed by atoms with Crippen molar-refractivity contribution in [2.45, 2.75) is 10.9 Å². The van der Waals surface area contributed by atoms with Gasteiger partial charge in [-0.15, -0.1) is 0 Å². The molecule has 1 aromatic carbocycles. The molecule has 42 valence electrons. The fourth-order valence-electron chi connectivity index (χ4n) is 0.742. The summed E-state index contributed by atoms with van der Waals surface area (Å²) in [7, 11) is 0. The van der Waals surface area contributed by atoms with Gasteiger partial charge in [0.2, 0.25) is 0 Å². The third-order valence-electron chi connectivity index (χ3n) is 1.30. The average molecular weight is 224 g/mol. The summed E-state index contributed by atoms with van der Waals surface area (Å²) in [6, 6.07) is 10.6. The van der Waals surface area contributed by atoms with E-state index in [1.165, 1.54) is 5.56 Å². The molecular formula is C8H9Sn+3. The first kappa shape index (κ1) is 7.13. The van der Waals surface area contributed by atoms with Crippen LogP contribution in [-0.2, 0) is 0 Å². The van der Waals surface area contributed by atoms with Crippen LogP contribution in [0.3, 0.4) is 0 Å². The molecule has 0 N–H and O–H groups in total. The average Bonchev–Trinajstić information content (AvgIpc) is 1.90. The second kappa shape index (κ2) is 3.25. The minimum atomic E-state index is 0.749. The van der Waals surface area contributed by atoms with Crippen molar-refractivity contribution in [3.8, 4) is 0 Å². The Labute approximate surface area is 69.4 Å². The Kier molecular flexibility index (Phi) is 2.58. The monoisotopic (exact) mass is 225 g/mol. The SMILES string of the molecule is C[CH]([Sn+3])c1ccccc1. The molecule has 1 rings (SSSR count). The molecule has 0 saturated carbocycles. The Hall–Kier alpha value is 0.0187. The van der Waals surface area contributed by atoms with Gasteiger partial charge in [0.15, 0.2) is 0 Å². The topological polar surface area (TPSA) is 0 Å². The van der Waals surface area contributed by atoms with E-state index >= 15 is 0 Å². The molecule has 9 heavy (non-hydrogen) atoms. The minimum absolute atomic E-state index is 0.749. The van der Waals surface area contributed by atoms with Crippen LogP contribution in [0, 0.1) is 0 Å². The zero-order valence-electron chi connectivity index (χ0n) is 5.46. The summed E-state index contributed by atoms with van der Waals surface area (Å²) >= 11 is 1.59. The Bertz CT molecular complexity index is 167. The van der Waals surface area contributed by atoms with Crippen molar-refractivity contribution in [3.05, 3.63) is 35.9 Å². The fourth-order valence-corrected chi connectivity index (χ4v) is 1.29. The van der Waals surface area contributed by atoms with Gasteiger partial charge in [0.05, 0.1) is 0 Å². The van der Waals surface area contributed by atoms with Crippen molar-refractivity contribution in [1.29, 1.82) is 0 Å². The van der Waals surface area contributed by atoms with Crippen LogP contribution in [-0.4, -0.2) is 22.5 Å². The van der Waals surface area contributed by atoms with E-state index in [0.29, 0.717) is 0 Å². The second-order valence-electron chi connectivity index (χ2n) is 2.13. The van der Waals surface area contributed by atoms with Crippen LogP contribution in [0.15, 0.2) is 30.3 Å². The van der Waals surface area contributed by atoms with Crippen molar-refractivity contribution >= 4 is 22.5 Å². The molecule has 0 aliphatic rings. The van der Waals surface area contributed by atoms with Crippen LogP contribution in [0.2, 0.25) is 0 Å². The van der Waals surface area contributed by atoms with Gasteiger partial charge in [-0.05, 0) is 0 Å². The third-order valence-corrected chi connectivity index (χ3v) is 2.25. The van der Waals surface area contributed by atoms with Crippen LogP contribution < -0.4 is 0 Å². The summed E-state index contributed by atoms with van der Waals surface area (Å²) in [5.74, 6) is 0. The fraction of sp³-hybridized carbons (Fsp3) is 0.250. The van der Waals surface area contributed by atoms with E-state index in [4.69, 9.17) is 0 Å². The molecule has 0 fully saturated rings. The molecule has 0 amide bonds. The molecule has 0 nitrogen and oxygen atoms in total. The Morgan fingerprint density at radius 1 is 1.22 bits per heavy atom. The Balaban J connectivity index is 2.85. The Morgan fingerprint density at radius 2 is 1.78 bits per heavy atom. The first-order chi connectivity index (χ1) is 4.30. The molecule has 0 bridgehead atoms. The maximum absolute atomic E-state index is 2.24. The van der Waals surface area contributed by atoms with Gasteiger partial charge in [0.1, 0.15) is 0 Å². The van der Waals surface area contributed by atoms with E-state index in [-0.39, 0.29) is 0 Å². The standard InChI is InChI=1S/C8H9.Sn/c1-2-8-6-4-3-5-7-8;/h2-7H,1H3;/q;+3. The molecule has 0 heterocycles. The first-order valence-electron chi connectivity index (χ1n) is 3.07. The quantitative estimate of drug-likeness (QED) is 0.639. The predicted octanol–water partition coefficient (Wildman–Crippen LogP) is 1.92. The van der Waals surface area contributed by atoms with E-state index < -0.39 is 0 Å². The van der Waals surface area contributed by atoms with Crippen molar-refractivity contribution < 1.29 is 0 Å². The molecule has 1 aromatic rings. The van der Waals surface area contributed by atoms with Gasteiger partial charge in [-0.3, -0.25) is 0 Å². The predicted molar refractivity (Wildman–Crippen MR) is 40.6 cm³/mol. The van der Waals surface area contributed by atoms with Crippen LogP contribution >= 0.6 is 0 Å². The van der Waals surface area contributed by atoms with Gasteiger partial charge in [-0.2, -0.15) is 0 Å². The zero-order chi connectivity index (χ0) is 6.69. The molecule has 0 aliphatic carbocycles. The van der Waals surface area contributed by atoms with Crippen molar-refractivity contribution in [3.63, 3.8) is 0 Å². The summed E-state index contributed by atoms with van der Waals surface area (Å²) in [6.07, 6.45) is 0. The Morgan fingerprint density at radius 3 is 2.11 bits per heavy atom. The van der Waals surface area contributed by atoms with E-state index in [0.717, 1.165) is 3.93 Å². The zero-order valence-corrected chi connectivity index (χ0v) is 8.32. The third kappa shape index (κ3) is 2.01. The summed E-state index contributed by atoms with van der Waals surface area (Å²) in [4.78, 5) is 0.